The topological polar surface area (TPSA) is 332 Å². The first-order chi connectivity index (χ1) is 26.7. The van der Waals surface area contributed by atoms with Gasteiger partial charge in [0.1, 0.15) is 0 Å². The van der Waals surface area contributed by atoms with Crippen molar-refractivity contribution in [2.24, 2.45) is 20.4 Å². The van der Waals surface area contributed by atoms with Crippen molar-refractivity contribution in [3.05, 3.63) is 181 Å². The van der Waals surface area contributed by atoms with Crippen LogP contribution in [0.1, 0.15) is 22.5 Å². The third kappa shape index (κ3) is 28.1. The van der Waals surface area contributed by atoms with E-state index >= 15 is 0 Å². The molecule has 0 saturated heterocycles. The summed E-state index contributed by atoms with van der Waals surface area (Å²) < 4.78 is 67.9. The van der Waals surface area contributed by atoms with Gasteiger partial charge in [-0.05, 0) is 70.8 Å². The van der Waals surface area contributed by atoms with Gasteiger partial charge in [0.05, 0.1) is 23.8 Å². The second-order valence-electron chi connectivity index (χ2n) is 9.77. The average Bonchev–Trinajstić information content (AvgIpc) is 3.19. The molecule has 308 valence electrons. The van der Waals surface area contributed by atoms with Crippen LogP contribution < -0.4 is 47.5 Å². The van der Waals surface area contributed by atoms with Crippen LogP contribution in [-0.4, -0.2) is 44.2 Å². The van der Waals surface area contributed by atoms with Crippen molar-refractivity contribution < 1.29 is 102 Å². The van der Waals surface area contributed by atoms with Crippen LogP contribution in [0.3, 0.4) is 0 Å². The van der Waals surface area contributed by atoms with E-state index in [-0.39, 0.29) is 45.9 Å². The van der Waals surface area contributed by atoms with Crippen LogP contribution in [-0.2, 0) is 34.1 Å². The molecule has 0 saturated carbocycles. The molecule has 22 heteroatoms. The average molecular weight is 931 g/mol. The summed E-state index contributed by atoms with van der Waals surface area (Å²) in [5, 5.41) is 37.6. The molecule has 2 aromatic carbocycles. The zero-order valence-electron chi connectivity index (χ0n) is 29.2. The van der Waals surface area contributed by atoms with E-state index in [0.29, 0.717) is 22.5 Å². The van der Waals surface area contributed by atoms with Gasteiger partial charge in [-0.15, -0.1) is 20.5 Å². The van der Waals surface area contributed by atoms with Crippen LogP contribution in [0.25, 0.3) is 11.1 Å². The summed E-state index contributed by atoms with van der Waals surface area (Å²) in [6, 6.07) is 36.4. The zero-order valence-corrected chi connectivity index (χ0v) is 32.6. The molecule has 0 bridgehead atoms. The zero-order chi connectivity index (χ0) is 41.1. The van der Waals surface area contributed by atoms with Crippen molar-refractivity contribution in [3.8, 4) is 11.1 Å². The third-order valence-corrected chi connectivity index (χ3v) is 5.79. The van der Waals surface area contributed by atoms with Crippen LogP contribution in [0.15, 0.2) is 179 Å². The largest absolute Gasteiger partial charge is 2.00 e. The summed E-state index contributed by atoms with van der Waals surface area (Å²) in [4.78, 5) is 16.0. The first-order valence-corrected chi connectivity index (χ1v) is 17.7. The molecule has 18 nitrogen and oxygen atoms in total. The Balaban J connectivity index is 0.000000748. The quantitative estimate of drug-likeness (QED) is 0.0627. The van der Waals surface area contributed by atoms with Gasteiger partial charge in [-0.1, -0.05) is 72.8 Å². The molecule has 2 radical (unpaired) electrons. The van der Waals surface area contributed by atoms with Gasteiger partial charge < -0.3 is 10.2 Å². The number of rotatable bonds is 7. The number of hydrogen-bond donors (Lipinski definition) is 0. The van der Waals surface area contributed by atoms with Gasteiger partial charge in [0.25, 0.3) is 0 Å². The minimum Gasteiger partial charge on any atom is -0.857 e. The van der Waals surface area contributed by atoms with Gasteiger partial charge >= 0.3 is 34.1 Å². The Morgan fingerprint density at radius 1 is 0.414 bits per heavy atom. The van der Waals surface area contributed by atoms with E-state index in [1.807, 2.05) is 60.7 Å². The molecular weight excluding hydrogens is 902 g/mol. The summed E-state index contributed by atoms with van der Waals surface area (Å²) in [6.07, 6.45) is 13.3. The number of halogens is 2. The Labute approximate surface area is 357 Å². The predicted octanol–water partition coefficient (Wildman–Crippen LogP) is -4.93. The normalized spacial score (nSPS) is 11.0. The molecule has 0 aliphatic rings. The molecule has 6 rings (SSSR count). The first-order valence-electron chi connectivity index (χ1n) is 15.2. The molecule has 0 N–H and O–H groups in total. The van der Waals surface area contributed by atoms with Crippen LogP contribution in [0.5, 0.6) is 0 Å². The van der Waals surface area contributed by atoms with Crippen molar-refractivity contribution >= 4 is 24.2 Å². The summed E-state index contributed by atoms with van der Waals surface area (Å²) >= 11 is 0. The predicted molar refractivity (Wildman–Crippen MR) is 177 cm³/mol. The van der Waals surface area contributed by atoms with E-state index in [4.69, 9.17) is 37.3 Å². The molecule has 6 aromatic rings. The summed E-state index contributed by atoms with van der Waals surface area (Å²) in [5.74, 6) is -0.726. The monoisotopic (exact) mass is 928 g/mol. The van der Waals surface area contributed by atoms with Gasteiger partial charge in [0.15, 0.2) is 0 Å². The number of pyridine rings is 4. The Hall–Kier alpha value is -5.38. The van der Waals surface area contributed by atoms with Crippen LogP contribution >= 0.6 is 0 Å². The Bertz CT molecular complexity index is 1900. The van der Waals surface area contributed by atoms with E-state index in [1.54, 1.807) is 97.8 Å². The molecule has 0 fully saturated rings. The summed E-state index contributed by atoms with van der Waals surface area (Å²) in [7, 11) is -9.89. The molecule has 4 heterocycles. The minimum absolute atomic E-state index is 0. The molecule has 0 aliphatic carbocycles. The van der Waals surface area contributed by atoms with Crippen LogP contribution in [0, 0.1) is 20.5 Å². The maximum atomic E-state index is 11.5. The Morgan fingerprint density at radius 2 is 0.707 bits per heavy atom. The number of benzene rings is 2. The van der Waals surface area contributed by atoms with Gasteiger partial charge in [0.2, 0.25) is 0 Å². The number of aromatic nitrogens is 4. The Kier molecular flexibility index (Phi) is 27.0. The molecule has 0 amide bonds. The smallest absolute Gasteiger partial charge is 0.857 e. The molecule has 0 atom stereocenters. The van der Waals surface area contributed by atoms with Gasteiger partial charge in [0, 0.05) is 49.0 Å². The van der Waals surface area contributed by atoms with E-state index in [2.05, 4.69) is 40.3 Å². The van der Waals surface area contributed by atoms with E-state index in [0.717, 1.165) is 0 Å². The van der Waals surface area contributed by atoms with E-state index < -0.39 is 20.5 Å². The number of hydrogen-bond acceptors (Lipinski definition) is 18. The molecular formula is C36H28Cl2Cu2N8O10. The fraction of sp³-hybridized carbons (Fsp3) is 0. The third-order valence-electron chi connectivity index (χ3n) is 5.79. The minimum atomic E-state index is -4.94. The van der Waals surface area contributed by atoms with Crippen LogP contribution in [0.2, 0.25) is 0 Å². The van der Waals surface area contributed by atoms with E-state index in [9.17, 15) is 10.2 Å². The van der Waals surface area contributed by atoms with Crippen molar-refractivity contribution in [2.45, 2.75) is 0 Å². The van der Waals surface area contributed by atoms with E-state index in [1.165, 1.54) is 23.6 Å². The fourth-order valence-corrected chi connectivity index (χ4v) is 3.55. The van der Waals surface area contributed by atoms with Crippen molar-refractivity contribution in [2.75, 3.05) is 0 Å². The molecule has 4 aromatic heterocycles. The summed E-state index contributed by atoms with van der Waals surface area (Å²) in [5.41, 5.74) is 4.71. The molecule has 0 spiro atoms. The Morgan fingerprint density at radius 3 is 0.983 bits per heavy atom. The molecule has 0 aliphatic heterocycles. The maximum Gasteiger partial charge on any atom is 2.00 e. The SMILES string of the molecule is [Cu+2].[Cu+2].[O-]/C(=N\N=C\c1ccccn1)c1ccccc1.[O-]/C(=N\N=C\c1ccccn1)c1ccccc1.[O-][Cl+3]([O-])([O-])[O-].[O-][Cl+3]([O-])([O-])[O-].c1cc(-c2ccncc2)ccn1. The maximum absolute atomic E-state index is 11.5. The second kappa shape index (κ2) is 29.8. The van der Waals surface area contributed by atoms with Gasteiger partial charge in [-0.2, -0.15) is 20.4 Å². The van der Waals surface area contributed by atoms with Crippen molar-refractivity contribution in [3.63, 3.8) is 0 Å². The molecule has 58 heavy (non-hydrogen) atoms. The fourth-order valence-electron chi connectivity index (χ4n) is 3.55. The van der Waals surface area contributed by atoms with Crippen molar-refractivity contribution in [1.29, 1.82) is 0 Å². The second-order valence-corrected chi connectivity index (χ2v) is 11.3. The summed E-state index contributed by atoms with van der Waals surface area (Å²) in [6.45, 7) is 0. The van der Waals surface area contributed by atoms with Gasteiger partial charge in [-0.3, -0.25) is 19.9 Å². The van der Waals surface area contributed by atoms with Crippen molar-refractivity contribution in [1.82, 2.24) is 19.9 Å². The first kappa shape index (κ1) is 52.6. The molecule has 0 unspecified atom stereocenters. The standard InChI is InChI=1S/2C13H11N3O.C10H8N2.2ClHO4.2Cu/c2*17-13(11-6-2-1-3-7-11)16-15-10-12-8-4-5-9-14-12;1-5-11-6-2-9(1)10-3-7-12-8-4-10;2*2-1(3,4)5;;/h2*1-10H,(H,16,17);1-8H;2*(H,2,3,4,5);;/q;;;;;2*+2/p-4/b2*15-10+;;;;;. The van der Waals surface area contributed by atoms with Crippen LogP contribution in [0.4, 0.5) is 0 Å². The number of nitrogens with zero attached hydrogens (tertiary/aromatic N) is 8. The van der Waals surface area contributed by atoms with Gasteiger partial charge in [-0.25, -0.2) is 37.3 Å².